The summed E-state index contributed by atoms with van der Waals surface area (Å²) in [6.45, 7) is 3.93. The lowest BCUT2D eigenvalue weighted by molar-refractivity contribution is 0.293. The van der Waals surface area contributed by atoms with Crippen LogP contribution < -0.4 is 15.2 Å². The van der Waals surface area contributed by atoms with Crippen LogP contribution in [0.4, 0.5) is 4.39 Å². The van der Waals surface area contributed by atoms with Crippen LogP contribution in [0.3, 0.4) is 0 Å². The molecule has 2 N–H and O–H groups in total. The van der Waals surface area contributed by atoms with Crippen molar-refractivity contribution in [2.24, 2.45) is 5.73 Å². The highest BCUT2D eigenvalue weighted by Gasteiger charge is 2.10. The van der Waals surface area contributed by atoms with Crippen molar-refractivity contribution in [1.82, 2.24) is 4.98 Å². The normalized spacial score (nSPS) is 12.0. The van der Waals surface area contributed by atoms with E-state index in [9.17, 15) is 4.39 Å². The molecule has 2 rings (SSSR count). The molecule has 0 fully saturated rings. The fraction of sp³-hybridized carbons (Fsp3) is 0.312. The van der Waals surface area contributed by atoms with Crippen molar-refractivity contribution in [2.45, 2.75) is 26.5 Å². The van der Waals surface area contributed by atoms with Gasteiger partial charge in [-0.2, -0.15) is 0 Å². The maximum atomic E-state index is 13.4. The number of aromatic nitrogens is 1. The first-order valence-electron chi connectivity index (χ1n) is 6.69. The van der Waals surface area contributed by atoms with Gasteiger partial charge in [-0.25, -0.2) is 4.39 Å². The summed E-state index contributed by atoms with van der Waals surface area (Å²) in [5.41, 5.74) is 8.17. The minimum Gasteiger partial charge on any atom is -0.497 e. The van der Waals surface area contributed by atoms with Crippen LogP contribution in [0.15, 0.2) is 30.3 Å². The molecule has 2 aromatic rings. The van der Waals surface area contributed by atoms with Gasteiger partial charge in [0.05, 0.1) is 12.8 Å². The van der Waals surface area contributed by atoms with Crippen LogP contribution in [0.5, 0.6) is 11.5 Å². The highest BCUT2D eigenvalue weighted by atomic mass is 19.1. The maximum Gasteiger partial charge on any atom is 0.130 e. The Hall–Kier alpha value is -2.14. The first-order valence-corrected chi connectivity index (χ1v) is 6.69. The lowest BCUT2D eigenvalue weighted by atomic mass is 10.1. The van der Waals surface area contributed by atoms with Gasteiger partial charge in [0.2, 0.25) is 0 Å². The molecule has 0 bridgehead atoms. The summed E-state index contributed by atoms with van der Waals surface area (Å²) in [6.07, 6.45) is 0. The van der Waals surface area contributed by atoms with Crippen molar-refractivity contribution in [3.63, 3.8) is 0 Å². The zero-order valence-electron chi connectivity index (χ0n) is 12.4. The zero-order chi connectivity index (χ0) is 15.4. The molecule has 0 aliphatic heterocycles. The lowest BCUT2D eigenvalue weighted by Gasteiger charge is -2.14. The molecular weight excluding hydrogens is 271 g/mol. The quantitative estimate of drug-likeness (QED) is 0.919. The highest BCUT2D eigenvalue weighted by Crippen LogP contribution is 2.26. The van der Waals surface area contributed by atoms with Crippen molar-refractivity contribution in [2.75, 3.05) is 7.11 Å². The average Bonchev–Trinajstić information content (AvgIpc) is 2.44. The van der Waals surface area contributed by atoms with Gasteiger partial charge in [0, 0.05) is 35.5 Å². The van der Waals surface area contributed by atoms with Gasteiger partial charge in [-0.3, -0.25) is 4.98 Å². The maximum absolute atomic E-state index is 13.4. The summed E-state index contributed by atoms with van der Waals surface area (Å²) in [6, 6.07) is 7.74. The van der Waals surface area contributed by atoms with E-state index in [2.05, 4.69) is 4.98 Å². The molecule has 112 valence electrons. The Balaban J connectivity index is 2.20. The van der Waals surface area contributed by atoms with Crippen LogP contribution in [0.25, 0.3) is 0 Å². The SMILES string of the molecule is COc1cc(C)nc(COc2cc(F)ccc2C(C)N)c1. The van der Waals surface area contributed by atoms with E-state index in [1.807, 2.05) is 19.9 Å². The largest absolute Gasteiger partial charge is 0.497 e. The number of methoxy groups -OCH3 is 1. The molecule has 0 spiro atoms. The second kappa shape index (κ2) is 6.54. The van der Waals surface area contributed by atoms with Crippen molar-refractivity contribution >= 4 is 0 Å². The van der Waals surface area contributed by atoms with E-state index in [0.717, 1.165) is 11.3 Å². The average molecular weight is 290 g/mol. The molecule has 0 radical (unpaired) electrons. The summed E-state index contributed by atoms with van der Waals surface area (Å²) in [7, 11) is 1.60. The van der Waals surface area contributed by atoms with E-state index in [1.54, 1.807) is 19.2 Å². The third kappa shape index (κ3) is 3.92. The molecule has 1 unspecified atom stereocenters. The van der Waals surface area contributed by atoms with Gasteiger partial charge in [-0.15, -0.1) is 0 Å². The predicted molar refractivity (Wildman–Crippen MR) is 78.9 cm³/mol. The van der Waals surface area contributed by atoms with Crippen LogP contribution in [0.1, 0.15) is 29.9 Å². The molecule has 1 heterocycles. The van der Waals surface area contributed by atoms with E-state index in [1.165, 1.54) is 12.1 Å². The number of benzene rings is 1. The van der Waals surface area contributed by atoms with Crippen molar-refractivity contribution in [3.8, 4) is 11.5 Å². The molecule has 5 heteroatoms. The third-order valence-electron chi connectivity index (χ3n) is 3.06. The van der Waals surface area contributed by atoms with Crippen molar-refractivity contribution < 1.29 is 13.9 Å². The molecule has 1 aromatic heterocycles. The third-order valence-corrected chi connectivity index (χ3v) is 3.06. The second-order valence-electron chi connectivity index (χ2n) is 4.90. The van der Waals surface area contributed by atoms with Gasteiger partial charge in [0.25, 0.3) is 0 Å². The number of hydrogen-bond donors (Lipinski definition) is 1. The molecule has 0 saturated carbocycles. The van der Waals surface area contributed by atoms with E-state index in [-0.39, 0.29) is 18.5 Å². The van der Waals surface area contributed by atoms with Crippen LogP contribution >= 0.6 is 0 Å². The standard InChI is InChI=1S/C16H19FN2O2/c1-10-6-14(20-3)8-13(19-10)9-21-16-7-12(17)4-5-15(16)11(2)18/h4-8,11H,9,18H2,1-3H3. The summed E-state index contributed by atoms with van der Waals surface area (Å²) in [4.78, 5) is 4.36. The van der Waals surface area contributed by atoms with Gasteiger partial charge in [-0.1, -0.05) is 6.07 Å². The lowest BCUT2D eigenvalue weighted by Crippen LogP contribution is -2.09. The van der Waals surface area contributed by atoms with E-state index in [4.69, 9.17) is 15.2 Å². The zero-order valence-corrected chi connectivity index (χ0v) is 12.4. The number of halogens is 1. The van der Waals surface area contributed by atoms with E-state index < -0.39 is 0 Å². The monoisotopic (exact) mass is 290 g/mol. The number of nitrogens with two attached hydrogens (primary N) is 1. The number of nitrogens with zero attached hydrogens (tertiary/aromatic N) is 1. The number of aryl methyl sites for hydroxylation is 1. The Kier molecular flexibility index (Phi) is 4.75. The Morgan fingerprint density at radius 3 is 2.71 bits per heavy atom. The van der Waals surface area contributed by atoms with Crippen molar-refractivity contribution in [1.29, 1.82) is 0 Å². The van der Waals surface area contributed by atoms with Gasteiger partial charge in [-0.05, 0) is 19.9 Å². The molecule has 21 heavy (non-hydrogen) atoms. The number of ether oxygens (including phenoxy) is 2. The molecule has 0 aliphatic carbocycles. The van der Waals surface area contributed by atoms with Crippen LogP contribution in [0.2, 0.25) is 0 Å². The number of hydrogen-bond acceptors (Lipinski definition) is 4. The van der Waals surface area contributed by atoms with Gasteiger partial charge < -0.3 is 15.2 Å². The molecule has 0 aliphatic rings. The fourth-order valence-electron chi connectivity index (χ4n) is 2.06. The Labute approximate surface area is 123 Å². The van der Waals surface area contributed by atoms with Gasteiger partial charge in [0.15, 0.2) is 0 Å². The van der Waals surface area contributed by atoms with E-state index >= 15 is 0 Å². The minimum atomic E-state index is -0.357. The highest BCUT2D eigenvalue weighted by molar-refractivity contribution is 5.36. The van der Waals surface area contributed by atoms with Crippen LogP contribution in [-0.2, 0) is 6.61 Å². The predicted octanol–water partition coefficient (Wildman–Crippen LogP) is 3.14. The molecule has 1 atom stereocenters. The summed E-state index contributed by atoms with van der Waals surface area (Å²) in [5, 5.41) is 0. The van der Waals surface area contributed by atoms with E-state index in [0.29, 0.717) is 17.2 Å². The molecular formula is C16H19FN2O2. The molecule has 1 aromatic carbocycles. The van der Waals surface area contributed by atoms with Gasteiger partial charge >= 0.3 is 0 Å². The summed E-state index contributed by atoms with van der Waals surface area (Å²) >= 11 is 0. The van der Waals surface area contributed by atoms with Crippen LogP contribution in [0, 0.1) is 12.7 Å². The smallest absolute Gasteiger partial charge is 0.130 e. The van der Waals surface area contributed by atoms with Crippen molar-refractivity contribution in [3.05, 3.63) is 53.1 Å². The Morgan fingerprint density at radius 1 is 1.29 bits per heavy atom. The molecule has 0 amide bonds. The summed E-state index contributed by atoms with van der Waals surface area (Å²) in [5.74, 6) is 0.796. The van der Waals surface area contributed by atoms with Gasteiger partial charge in [0.1, 0.15) is 23.9 Å². The number of rotatable bonds is 5. The first-order chi connectivity index (χ1) is 9.99. The van der Waals surface area contributed by atoms with Crippen LogP contribution in [-0.4, -0.2) is 12.1 Å². The number of pyridine rings is 1. The Bertz CT molecular complexity index is 630. The summed E-state index contributed by atoms with van der Waals surface area (Å²) < 4.78 is 24.2. The second-order valence-corrected chi connectivity index (χ2v) is 4.90. The molecule has 0 saturated heterocycles. The molecule has 4 nitrogen and oxygen atoms in total. The minimum absolute atomic E-state index is 0.223. The Morgan fingerprint density at radius 2 is 2.05 bits per heavy atom. The fourth-order valence-corrected chi connectivity index (χ4v) is 2.06. The first kappa shape index (κ1) is 15.3. The topological polar surface area (TPSA) is 57.4 Å².